The zero-order valence-corrected chi connectivity index (χ0v) is 20.2. The highest BCUT2D eigenvalue weighted by Gasteiger charge is 2.43. The summed E-state index contributed by atoms with van der Waals surface area (Å²) in [5.74, 6) is 1.17. The molecule has 0 bridgehead atoms. The Hall–Kier alpha value is 1.82. The molecule has 0 aromatic heterocycles. The Labute approximate surface area is 149 Å². The fraction of sp³-hybridized carbons (Fsp3) is 1.00. The molecular formula is C9H25O5S5Si2-. The Morgan fingerprint density at radius 3 is 1.81 bits per heavy atom. The minimum absolute atomic E-state index is 0.265. The standard InChI is InChI=1S/C9H22O3S4Si.H4O2SSi/c1-5-9-13-14-15-16-17(10-6-2,11-7-3)12-8-4;1-3(2)4/h5-9H2,1-4H3;4H3,(H,1,2)/p-1. The second-order valence-corrected chi connectivity index (χ2v) is 16.5. The molecule has 0 aliphatic carbocycles. The van der Waals surface area contributed by atoms with E-state index in [4.69, 9.17) is 22.0 Å². The lowest BCUT2D eigenvalue weighted by molar-refractivity contribution is 0.0971. The van der Waals surface area contributed by atoms with Gasteiger partial charge >= 0.3 is 7.95 Å². The molecule has 0 amide bonds. The van der Waals surface area contributed by atoms with Gasteiger partial charge in [0, 0.05) is 25.6 Å². The first-order valence-corrected chi connectivity index (χ1v) is 17.9. The Balaban J connectivity index is 0. The van der Waals surface area contributed by atoms with Crippen LogP contribution in [-0.2, 0) is 23.8 Å². The molecule has 0 radical (unpaired) electrons. The van der Waals surface area contributed by atoms with Crippen molar-refractivity contribution in [2.75, 3.05) is 25.6 Å². The molecule has 0 saturated heterocycles. The van der Waals surface area contributed by atoms with Crippen LogP contribution < -0.4 is 0 Å². The van der Waals surface area contributed by atoms with Gasteiger partial charge in [-0.1, -0.05) is 28.2 Å². The van der Waals surface area contributed by atoms with Gasteiger partial charge in [0.25, 0.3) is 0 Å². The normalized spacial score (nSPS) is 12.8. The van der Waals surface area contributed by atoms with Crippen molar-refractivity contribution in [3.8, 4) is 0 Å². The van der Waals surface area contributed by atoms with E-state index in [2.05, 4.69) is 6.92 Å². The number of hydrogen-bond donors (Lipinski definition) is 0. The van der Waals surface area contributed by atoms with Crippen LogP contribution in [0.5, 0.6) is 0 Å². The summed E-state index contributed by atoms with van der Waals surface area (Å²) in [5, 5.41) is 0. The zero-order valence-electron chi connectivity index (χ0n) is 13.1. The summed E-state index contributed by atoms with van der Waals surface area (Å²) in [6.07, 6.45) is 1.20. The van der Waals surface area contributed by atoms with Crippen LogP contribution in [0.4, 0.5) is 0 Å². The Morgan fingerprint density at radius 2 is 1.48 bits per heavy atom. The largest absolute Gasteiger partial charge is 0.778 e. The van der Waals surface area contributed by atoms with E-state index in [9.17, 15) is 0 Å². The molecule has 0 heterocycles. The highest BCUT2D eigenvalue weighted by atomic mass is 33.7. The highest BCUT2D eigenvalue weighted by Crippen LogP contribution is 2.48. The van der Waals surface area contributed by atoms with Gasteiger partial charge in [0.05, 0.1) is 9.39 Å². The van der Waals surface area contributed by atoms with Gasteiger partial charge in [0.2, 0.25) is 0 Å². The van der Waals surface area contributed by atoms with E-state index >= 15 is 0 Å². The maximum Gasteiger partial charge on any atom is 0.585 e. The first kappa shape index (κ1) is 25.1. The van der Waals surface area contributed by atoms with Gasteiger partial charge in [-0.05, 0) is 57.1 Å². The minimum Gasteiger partial charge on any atom is -0.778 e. The van der Waals surface area contributed by atoms with Crippen molar-refractivity contribution in [1.29, 1.82) is 0 Å². The van der Waals surface area contributed by atoms with E-state index in [0.29, 0.717) is 19.8 Å². The van der Waals surface area contributed by atoms with Crippen LogP contribution in [-0.4, -0.2) is 51.7 Å². The van der Waals surface area contributed by atoms with Crippen molar-refractivity contribution in [1.82, 2.24) is 0 Å². The van der Waals surface area contributed by atoms with Crippen molar-refractivity contribution in [2.45, 2.75) is 34.1 Å². The molecule has 0 aliphatic rings. The van der Waals surface area contributed by atoms with Gasteiger partial charge in [-0.15, -0.1) is 0 Å². The Bertz CT molecular complexity index is 232. The van der Waals surface area contributed by atoms with Crippen LogP contribution in [0.3, 0.4) is 0 Å². The first-order chi connectivity index (χ1) is 9.97. The fourth-order valence-electron chi connectivity index (χ4n) is 0.920. The van der Waals surface area contributed by atoms with Crippen LogP contribution in [0.1, 0.15) is 34.1 Å². The average Bonchev–Trinajstić information content (AvgIpc) is 2.39. The summed E-state index contributed by atoms with van der Waals surface area (Å²) in [4.78, 5) is 0. The van der Waals surface area contributed by atoms with Crippen molar-refractivity contribution in [3.63, 3.8) is 0 Å². The van der Waals surface area contributed by atoms with Gasteiger partial charge in [-0.25, -0.2) is 0 Å². The molecule has 1 atom stereocenters. The van der Waals surface area contributed by atoms with E-state index < -0.39 is 18.5 Å². The summed E-state index contributed by atoms with van der Waals surface area (Å²) < 4.78 is 35.3. The zero-order chi connectivity index (χ0) is 16.6. The summed E-state index contributed by atoms with van der Waals surface area (Å²) >= 11 is 0. The third kappa shape index (κ3) is 18.0. The third-order valence-electron chi connectivity index (χ3n) is 1.46. The van der Waals surface area contributed by atoms with Gasteiger partial charge in [0.1, 0.15) is 0 Å². The van der Waals surface area contributed by atoms with E-state index in [1.54, 1.807) is 29.9 Å². The van der Waals surface area contributed by atoms with Crippen molar-refractivity contribution in [2.24, 2.45) is 0 Å². The predicted octanol–water partition coefficient (Wildman–Crippen LogP) is 2.77. The van der Waals surface area contributed by atoms with Crippen LogP contribution in [0.15, 0.2) is 0 Å². The Kier molecular flexibility index (Phi) is 21.7. The highest BCUT2D eigenvalue weighted by molar-refractivity contribution is 9.28. The second kappa shape index (κ2) is 18.2. The SMILES string of the molecule is CCCSSSS[Si](OCC)(OCC)OCC.O=S([O-])[SiH3]. The van der Waals surface area contributed by atoms with Crippen LogP contribution >= 0.6 is 40.7 Å². The minimum atomic E-state index is -2.51. The topological polar surface area (TPSA) is 67.8 Å². The molecule has 12 heteroatoms. The van der Waals surface area contributed by atoms with Crippen molar-refractivity contribution in [3.05, 3.63) is 0 Å². The maximum absolute atomic E-state index is 9.06. The van der Waals surface area contributed by atoms with E-state index in [1.807, 2.05) is 31.6 Å². The van der Waals surface area contributed by atoms with Gasteiger partial charge in [0.15, 0.2) is 0 Å². The molecule has 5 nitrogen and oxygen atoms in total. The molecule has 21 heavy (non-hydrogen) atoms. The molecule has 0 aromatic carbocycles. The smallest absolute Gasteiger partial charge is 0.585 e. The van der Waals surface area contributed by atoms with Crippen LogP contribution in [0, 0.1) is 0 Å². The van der Waals surface area contributed by atoms with Gasteiger partial charge in [-0.3, -0.25) is 4.21 Å². The van der Waals surface area contributed by atoms with Crippen molar-refractivity contribution < 1.29 is 22.0 Å². The predicted molar refractivity (Wildman–Crippen MR) is 105 cm³/mol. The van der Waals surface area contributed by atoms with E-state index in [0.717, 1.165) is 0 Å². The number of rotatable bonds is 12. The number of hydrogen-bond acceptors (Lipinski definition) is 9. The van der Waals surface area contributed by atoms with E-state index in [1.165, 1.54) is 12.2 Å². The summed E-state index contributed by atoms with van der Waals surface area (Å²) in [7, 11) is 3.00. The molecule has 0 N–H and O–H groups in total. The molecular weight excluding hydrogens is 405 g/mol. The van der Waals surface area contributed by atoms with Gasteiger partial charge < -0.3 is 17.8 Å². The van der Waals surface area contributed by atoms with Crippen LogP contribution in [0.2, 0.25) is 0 Å². The monoisotopic (exact) mass is 429 g/mol. The summed E-state index contributed by atoms with van der Waals surface area (Å²) in [6, 6.07) is 0. The first-order valence-electron chi connectivity index (χ1n) is 6.54. The summed E-state index contributed by atoms with van der Waals surface area (Å²) in [6.45, 7) is 10.0. The molecule has 1 unspecified atom stereocenters. The Morgan fingerprint density at radius 1 is 1.05 bits per heavy atom. The lowest BCUT2D eigenvalue weighted by atomic mass is 10.6. The summed E-state index contributed by atoms with van der Waals surface area (Å²) in [5.41, 5.74) is 0. The lowest BCUT2D eigenvalue weighted by Crippen LogP contribution is -2.42. The fourth-order valence-corrected chi connectivity index (χ4v) is 15.0. The quantitative estimate of drug-likeness (QED) is 0.201. The second-order valence-electron chi connectivity index (χ2n) is 3.24. The van der Waals surface area contributed by atoms with Crippen molar-refractivity contribution >= 4 is 68.6 Å². The molecule has 0 rings (SSSR count). The molecule has 130 valence electrons. The molecule has 0 saturated carbocycles. The average molecular weight is 430 g/mol. The molecule has 0 spiro atoms. The third-order valence-corrected chi connectivity index (χ3v) is 14.4. The molecule has 0 fully saturated rings. The van der Waals surface area contributed by atoms with E-state index in [-0.39, 0.29) is 9.39 Å². The molecule has 0 aromatic rings. The van der Waals surface area contributed by atoms with Gasteiger partial charge in [-0.2, -0.15) is 0 Å². The molecule has 0 aliphatic heterocycles. The van der Waals surface area contributed by atoms with Crippen LogP contribution in [0.25, 0.3) is 0 Å². The maximum atomic E-state index is 9.06. The lowest BCUT2D eigenvalue weighted by Gasteiger charge is -2.25.